The van der Waals surface area contributed by atoms with Crippen LogP contribution in [-0.4, -0.2) is 46.0 Å². The number of fused-ring (bicyclic) bond motifs is 3. The zero-order chi connectivity index (χ0) is 13.4. The van der Waals surface area contributed by atoms with Gasteiger partial charge in [-0.25, -0.2) is 0 Å². The number of hydrogen-bond acceptors (Lipinski definition) is 4. The van der Waals surface area contributed by atoms with Crippen molar-refractivity contribution in [1.82, 2.24) is 4.90 Å². The zero-order valence-corrected chi connectivity index (χ0v) is 10.9. The third-order valence-corrected chi connectivity index (χ3v) is 4.63. The van der Waals surface area contributed by atoms with Gasteiger partial charge in [-0.1, -0.05) is 18.2 Å². The second kappa shape index (κ2) is 4.77. The molecule has 1 N–H and O–H groups in total. The second-order valence-corrected chi connectivity index (χ2v) is 5.62. The zero-order valence-electron chi connectivity index (χ0n) is 10.1. The van der Waals surface area contributed by atoms with Gasteiger partial charge in [0.1, 0.15) is 17.6 Å². The van der Waals surface area contributed by atoms with Crippen molar-refractivity contribution in [2.45, 2.75) is 11.3 Å². The SMILES string of the molecule is O=C(O)[C@@H]1SCC(=O)N2CCOc3ccccc3[C@@H]12. The first-order chi connectivity index (χ1) is 9.18. The quantitative estimate of drug-likeness (QED) is 0.835. The van der Waals surface area contributed by atoms with Crippen LogP contribution < -0.4 is 4.74 Å². The Balaban J connectivity index is 2.10. The van der Waals surface area contributed by atoms with Crippen molar-refractivity contribution < 1.29 is 19.4 Å². The monoisotopic (exact) mass is 279 g/mol. The minimum atomic E-state index is -0.885. The van der Waals surface area contributed by atoms with E-state index in [0.29, 0.717) is 18.9 Å². The molecular weight excluding hydrogens is 266 g/mol. The first-order valence-corrected chi connectivity index (χ1v) is 7.09. The van der Waals surface area contributed by atoms with Gasteiger partial charge in [-0.15, -0.1) is 11.8 Å². The van der Waals surface area contributed by atoms with Crippen LogP contribution in [0.2, 0.25) is 0 Å². The molecule has 1 fully saturated rings. The second-order valence-electron chi connectivity index (χ2n) is 4.49. The minimum Gasteiger partial charge on any atom is -0.491 e. The number of thioether (sulfide) groups is 1. The Kier molecular flexibility index (Phi) is 3.10. The Morgan fingerprint density at radius 2 is 2.21 bits per heavy atom. The molecule has 100 valence electrons. The van der Waals surface area contributed by atoms with Crippen LogP contribution in [0.15, 0.2) is 24.3 Å². The Hall–Kier alpha value is -1.69. The number of carboxylic acids is 1. The van der Waals surface area contributed by atoms with Crippen molar-refractivity contribution >= 4 is 23.6 Å². The van der Waals surface area contributed by atoms with Crippen LogP contribution in [0.4, 0.5) is 0 Å². The Morgan fingerprint density at radius 1 is 1.42 bits per heavy atom. The molecule has 0 aliphatic carbocycles. The van der Waals surface area contributed by atoms with E-state index in [4.69, 9.17) is 4.74 Å². The molecule has 1 aromatic rings. The van der Waals surface area contributed by atoms with Crippen LogP contribution in [0.3, 0.4) is 0 Å². The number of carbonyl (C=O) groups excluding carboxylic acids is 1. The highest BCUT2D eigenvalue weighted by atomic mass is 32.2. The maximum atomic E-state index is 12.0. The normalized spacial score (nSPS) is 25.9. The van der Waals surface area contributed by atoms with Crippen molar-refractivity contribution in [2.24, 2.45) is 0 Å². The third-order valence-electron chi connectivity index (χ3n) is 3.40. The Morgan fingerprint density at radius 3 is 3.00 bits per heavy atom. The number of carbonyl (C=O) groups is 2. The number of nitrogens with zero attached hydrogens (tertiary/aromatic N) is 1. The van der Waals surface area contributed by atoms with Gasteiger partial charge in [-0.05, 0) is 6.07 Å². The summed E-state index contributed by atoms with van der Waals surface area (Å²) in [5, 5.41) is 8.74. The Bertz CT molecular complexity index is 533. The van der Waals surface area contributed by atoms with Crippen LogP contribution in [0, 0.1) is 0 Å². The molecule has 2 aliphatic heterocycles. The molecule has 6 heteroatoms. The molecule has 0 radical (unpaired) electrons. The lowest BCUT2D eigenvalue weighted by Crippen LogP contribution is -2.48. The number of ether oxygens (including phenoxy) is 1. The molecule has 2 heterocycles. The summed E-state index contributed by atoms with van der Waals surface area (Å²) in [7, 11) is 0. The summed E-state index contributed by atoms with van der Waals surface area (Å²) in [4.78, 5) is 25.1. The topological polar surface area (TPSA) is 66.8 Å². The van der Waals surface area contributed by atoms with Crippen LogP contribution in [0.25, 0.3) is 0 Å². The van der Waals surface area contributed by atoms with Gasteiger partial charge in [0.15, 0.2) is 0 Å². The first kappa shape index (κ1) is 12.3. The molecule has 3 rings (SSSR count). The van der Waals surface area contributed by atoms with Crippen LogP contribution >= 0.6 is 11.8 Å². The number of carboxylic acid groups (broad SMARTS) is 1. The fraction of sp³-hybridized carbons (Fsp3) is 0.385. The fourth-order valence-electron chi connectivity index (χ4n) is 2.57. The summed E-state index contributed by atoms with van der Waals surface area (Å²) in [5.41, 5.74) is 0.785. The van der Waals surface area contributed by atoms with E-state index in [1.165, 1.54) is 11.8 Å². The van der Waals surface area contributed by atoms with Crippen molar-refractivity contribution in [1.29, 1.82) is 0 Å². The summed E-state index contributed by atoms with van der Waals surface area (Å²) in [5.74, 6) is -0.0103. The fourth-order valence-corrected chi connectivity index (χ4v) is 3.67. The predicted octanol–water partition coefficient (Wildman–Crippen LogP) is 1.15. The highest BCUT2D eigenvalue weighted by molar-refractivity contribution is 8.01. The number of amides is 1. The van der Waals surface area contributed by atoms with E-state index in [1.54, 1.807) is 4.90 Å². The summed E-state index contributed by atoms with van der Waals surface area (Å²) in [6.07, 6.45) is 0. The number of aliphatic carboxylic acids is 1. The number of para-hydroxylation sites is 1. The molecule has 0 unspecified atom stereocenters. The van der Waals surface area contributed by atoms with E-state index >= 15 is 0 Å². The molecule has 0 bridgehead atoms. The van der Waals surface area contributed by atoms with Crippen molar-refractivity contribution in [3.63, 3.8) is 0 Å². The molecule has 19 heavy (non-hydrogen) atoms. The highest BCUT2D eigenvalue weighted by Gasteiger charge is 2.43. The third kappa shape index (κ3) is 2.06. The van der Waals surface area contributed by atoms with Gasteiger partial charge in [-0.3, -0.25) is 9.59 Å². The maximum Gasteiger partial charge on any atom is 0.319 e. The van der Waals surface area contributed by atoms with Gasteiger partial charge in [0.25, 0.3) is 0 Å². The van der Waals surface area contributed by atoms with Crippen molar-refractivity contribution in [3.05, 3.63) is 29.8 Å². The summed E-state index contributed by atoms with van der Waals surface area (Å²) < 4.78 is 5.62. The summed E-state index contributed by atoms with van der Waals surface area (Å²) >= 11 is 1.19. The average Bonchev–Trinajstić information content (AvgIpc) is 2.59. The summed E-state index contributed by atoms with van der Waals surface area (Å²) in [6, 6.07) is 6.91. The number of benzene rings is 1. The van der Waals surface area contributed by atoms with Crippen molar-refractivity contribution in [2.75, 3.05) is 18.9 Å². The standard InChI is InChI=1S/C13H13NO4S/c15-10-7-19-12(13(16)17)11-8-3-1-2-4-9(8)18-6-5-14(10)11/h1-4,11-12H,5-7H2,(H,16,17)/t11-,12+/m0/s1. The Labute approximate surface area is 114 Å². The van der Waals surface area contributed by atoms with Gasteiger partial charge < -0.3 is 14.7 Å². The van der Waals surface area contributed by atoms with Crippen LogP contribution in [0.1, 0.15) is 11.6 Å². The molecule has 1 amide bonds. The summed E-state index contributed by atoms with van der Waals surface area (Å²) in [6.45, 7) is 0.832. The number of hydrogen-bond donors (Lipinski definition) is 1. The minimum absolute atomic E-state index is 0.0206. The van der Waals surface area contributed by atoms with E-state index in [2.05, 4.69) is 0 Å². The van der Waals surface area contributed by atoms with E-state index < -0.39 is 17.3 Å². The van der Waals surface area contributed by atoms with Gasteiger partial charge >= 0.3 is 5.97 Å². The molecular formula is C13H13NO4S. The van der Waals surface area contributed by atoms with E-state index in [-0.39, 0.29) is 11.7 Å². The van der Waals surface area contributed by atoms with Gasteiger partial charge in [0.05, 0.1) is 18.3 Å². The van der Waals surface area contributed by atoms with Crippen LogP contribution in [-0.2, 0) is 9.59 Å². The van der Waals surface area contributed by atoms with Crippen molar-refractivity contribution in [3.8, 4) is 5.75 Å². The highest BCUT2D eigenvalue weighted by Crippen LogP contribution is 2.41. The van der Waals surface area contributed by atoms with E-state index in [0.717, 1.165) is 5.56 Å². The predicted molar refractivity (Wildman–Crippen MR) is 70.3 cm³/mol. The van der Waals surface area contributed by atoms with Gasteiger partial charge in [-0.2, -0.15) is 0 Å². The van der Waals surface area contributed by atoms with E-state index in [9.17, 15) is 14.7 Å². The maximum absolute atomic E-state index is 12.0. The molecule has 5 nitrogen and oxygen atoms in total. The molecule has 0 saturated carbocycles. The molecule has 1 aromatic carbocycles. The molecule has 2 atom stereocenters. The van der Waals surface area contributed by atoms with Gasteiger partial charge in [0.2, 0.25) is 5.91 Å². The molecule has 2 aliphatic rings. The van der Waals surface area contributed by atoms with Crippen LogP contribution in [0.5, 0.6) is 5.75 Å². The van der Waals surface area contributed by atoms with E-state index in [1.807, 2.05) is 24.3 Å². The lowest BCUT2D eigenvalue weighted by atomic mass is 10.0. The number of rotatable bonds is 1. The smallest absolute Gasteiger partial charge is 0.319 e. The average molecular weight is 279 g/mol. The molecule has 0 aromatic heterocycles. The first-order valence-electron chi connectivity index (χ1n) is 6.04. The van der Waals surface area contributed by atoms with Gasteiger partial charge in [0, 0.05) is 5.56 Å². The lowest BCUT2D eigenvalue weighted by molar-refractivity contribution is -0.140. The largest absolute Gasteiger partial charge is 0.491 e. The lowest BCUT2D eigenvalue weighted by Gasteiger charge is -2.37. The molecule has 0 spiro atoms. The molecule has 1 saturated heterocycles.